The first-order valence-corrected chi connectivity index (χ1v) is 8.64. The summed E-state index contributed by atoms with van der Waals surface area (Å²) in [7, 11) is 4.88. The van der Waals surface area contributed by atoms with E-state index >= 15 is 0 Å². The fourth-order valence-corrected chi connectivity index (χ4v) is 2.90. The van der Waals surface area contributed by atoms with Gasteiger partial charge in [0.2, 0.25) is 0 Å². The van der Waals surface area contributed by atoms with Gasteiger partial charge in [-0.05, 0) is 30.3 Å². The quantitative estimate of drug-likeness (QED) is 0.664. The molecule has 0 saturated heterocycles. The van der Waals surface area contributed by atoms with Gasteiger partial charge in [0.25, 0.3) is 5.91 Å². The Kier molecular flexibility index (Phi) is 6.96. The Balaban J connectivity index is 1.98. The highest BCUT2D eigenvalue weighted by Crippen LogP contribution is 2.28. The van der Waals surface area contributed by atoms with E-state index in [9.17, 15) is 4.79 Å². The van der Waals surface area contributed by atoms with Crippen molar-refractivity contribution in [1.82, 2.24) is 4.90 Å². The van der Waals surface area contributed by atoms with Gasteiger partial charge in [-0.1, -0.05) is 27.5 Å². The van der Waals surface area contributed by atoms with Crippen LogP contribution in [0.4, 0.5) is 0 Å². The number of ether oxygens (including phenoxy) is 3. The molecule has 2 rings (SSSR count). The van der Waals surface area contributed by atoms with Gasteiger partial charge in [0.15, 0.2) is 6.61 Å². The molecule has 134 valence electrons. The van der Waals surface area contributed by atoms with Crippen LogP contribution in [0.2, 0.25) is 5.02 Å². The summed E-state index contributed by atoms with van der Waals surface area (Å²) in [5, 5.41) is 0.446. The normalized spacial score (nSPS) is 10.3. The van der Waals surface area contributed by atoms with Gasteiger partial charge >= 0.3 is 0 Å². The minimum absolute atomic E-state index is 0.101. The van der Waals surface area contributed by atoms with Crippen LogP contribution in [0.5, 0.6) is 17.2 Å². The molecule has 0 aliphatic carbocycles. The zero-order valence-electron chi connectivity index (χ0n) is 14.2. The topological polar surface area (TPSA) is 48.0 Å². The number of benzene rings is 2. The van der Waals surface area contributed by atoms with Crippen molar-refractivity contribution in [3.63, 3.8) is 0 Å². The van der Waals surface area contributed by atoms with Crippen LogP contribution in [-0.4, -0.2) is 38.7 Å². The van der Waals surface area contributed by atoms with E-state index in [0.29, 0.717) is 28.8 Å². The maximum Gasteiger partial charge on any atom is 0.260 e. The van der Waals surface area contributed by atoms with E-state index in [2.05, 4.69) is 15.9 Å². The van der Waals surface area contributed by atoms with E-state index in [4.69, 9.17) is 25.8 Å². The standard InChI is InChI=1S/C18H19BrClNO4/c1-21(10-12-4-6-14(23-2)9-17(12)24-3)18(22)11-25-16-7-5-13(19)8-15(16)20/h4-9H,10-11H2,1-3H3. The number of carbonyl (C=O) groups is 1. The molecule has 2 aromatic rings. The lowest BCUT2D eigenvalue weighted by molar-refractivity contribution is -0.132. The highest BCUT2D eigenvalue weighted by Gasteiger charge is 2.14. The summed E-state index contributed by atoms with van der Waals surface area (Å²) in [6.45, 7) is 0.291. The van der Waals surface area contributed by atoms with Gasteiger partial charge in [-0.2, -0.15) is 0 Å². The highest BCUT2D eigenvalue weighted by atomic mass is 79.9. The molecular weight excluding hydrogens is 410 g/mol. The van der Waals surface area contributed by atoms with Crippen molar-refractivity contribution in [3.8, 4) is 17.2 Å². The van der Waals surface area contributed by atoms with Crippen LogP contribution in [-0.2, 0) is 11.3 Å². The lowest BCUT2D eigenvalue weighted by Gasteiger charge is -2.19. The average molecular weight is 429 g/mol. The van der Waals surface area contributed by atoms with E-state index in [1.165, 1.54) is 0 Å². The third-order valence-electron chi connectivity index (χ3n) is 3.57. The summed E-state index contributed by atoms with van der Waals surface area (Å²) in [5.74, 6) is 1.66. The van der Waals surface area contributed by atoms with Gasteiger partial charge < -0.3 is 19.1 Å². The molecule has 0 heterocycles. The summed E-state index contributed by atoms with van der Waals surface area (Å²) in [6, 6.07) is 10.7. The Labute approximate surface area is 160 Å². The zero-order valence-corrected chi connectivity index (χ0v) is 16.6. The summed E-state index contributed by atoms with van der Waals surface area (Å²) in [5.41, 5.74) is 0.876. The molecule has 0 aliphatic heterocycles. The molecule has 0 spiro atoms. The number of likely N-dealkylation sites (N-methyl/N-ethyl adjacent to an activating group) is 1. The fraction of sp³-hybridized carbons (Fsp3) is 0.278. The lowest BCUT2D eigenvalue weighted by Crippen LogP contribution is -2.31. The molecule has 0 N–H and O–H groups in total. The Morgan fingerprint density at radius 3 is 2.52 bits per heavy atom. The largest absolute Gasteiger partial charge is 0.497 e. The van der Waals surface area contributed by atoms with Gasteiger partial charge in [0.1, 0.15) is 17.2 Å². The number of halogens is 2. The molecule has 2 aromatic carbocycles. The van der Waals surface area contributed by atoms with Gasteiger partial charge in [-0.3, -0.25) is 4.79 Å². The number of nitrogens with zero attached hydrogens (tertiary/aromatic N) is 1. The first-order chi connectivity index (χ1) is 11.9. The summed E-state index contributed by atoms with van der Waals surface area (Å²) in [4.78, 5) is 13.9. The second-order valence-electron chi connectivity index (χ2n) is 5.29. The molecule has 1 amide bonds. The predicted octanol–water partition coefficient (Wildman–Crippen LogP) is 4.16. The number of hydrogen-bond acceptors (Lipinski definition) is 4. The van der Waals surface area contributed by atoms with Gasteiger partial charge in [-0.15, -0.1) is 0 Å². The van der Waals surface area contributed by atoms with Crippen LogP contribution >= 0.6 is 27.5 Å². The molecule has 0 atom stereocenters. The second-order valence-corrected chi connectivity index (χ2v) is 6.61. The second kappa shape index (κ2) is 8.97. The first kappa shape index (κ1) is 19.4. The van der Waals surface area contributed by atoms with Crippen molar-refractivity contribution in [3.05, 3.63) is 51.5 Å². The van der Waals surface area contributed by atoms with Gasteiger partial charge in [0.05, 0.1) is 19.2 Å². The molecular formula is C18H19BrClNO4. The Hall–Kier alpha value is -1.92. The predicted molar refractivity (Wildman–Crippen MR) is 101 cm³/mol. The smallest absolute Gasteiger partial charge is 0.260 e. The molecule has 0 unspecified atom stereocenters. The number of carbonyl (C=O) groups excluding carboxylic acids is 1. The van der Waals surface area contributed by atoms with Crippen molar-refractivity contribution in [1.29, 1.82) is 0 Å². The molecule has 0 aliphatic rings. The highest BCUT2D eigenvalue weighted by molar-refractivity contribution is 9.10. The summed E-state index contributed by atoms with van der Waals surface area (Å²) in [6.07, 6.45) is 0. The third kappa shape index (κ3) is 5.28. The molecule has 0 fully saturated rings. The van der Waals surface area contributed by atoms with Crippen molar-refractivity contribution in [2.45, 2.75) is 6.54 Å². The molecule has 0 saturated carbocycles. The maximum atomic E-state index is 12.3. The van der Waals surface area contributed by atoms with Crippen LogP contribution in [0.15, 0.2) is 40.9 Å². The van der Waals surface area contributed by atoms with E-state index in [1.807, 2.05) is 12.1 Å². The first-order valence-electron chi connectivity index (χ1n) is 7.47. The monoisotopic (exact) mass is 427 g/mol. The lowest BCUT2D eigenvalue weighted by atomic mass is 10.2. The van der Waals surface area contributed by atoms with Crippen LogP contribution in [0.25, 0.3) is 0 Å². The Bertz CT molecular complexity index is 754. The maximum absolute atomic E-state index is 12.3. The zero-order chi connectivity index (χ0) is 18.4. The van der Waals surface area contributed by atoms with Crippen LogP contribution in [0.1, 0.15) is 5.56 Å². The van der Waals surface area contributed by atoms with Crippen LogP contribution < -0.4 is 14.2 Å². The molecule has 7 heteroatoms. The molecule has 25 heavy (non-hydrogen) atoms. The summed E-state index contributed by atoms with van der Waals surface area (Å²) < 4.78 is 16.9. The van der Waals surface area contributed by atoms with Gasteiger partial charge in [0, 0.05) is 29.7 Å². The molecule has 0 bridgehead atoms. The number of methoxy groups -OCH3 is 2. The average Bonchev–Trinajstić information content (AvgIpc) is 2.60. The minimum atomic E-state index is -0.170. The SMILES string of the molecule is COc1ccc(CN(C)C(=O)COc2ccc(Br)cc2Cl)c(OC)c1. The number of amides is 1. The number of hydrogen-bond donors (Lipinski definition) is 0. The molecule has 5 nitrogen and oxygen atoms in total. The van der Waals surface area contributed by atoms with Crippen LogP contribution in [0, 0.1) is 0 Å². The van der Waals surface area contributed by atoms with Crippen molar-refractivity contribution in [2.24, 2.45) is 0 Å². The molecule has 0 radical (unpaired) electrons. The Morgan fingerprint density at radius 2 is 1.88 bits per heavy atom. The van der Waals surface area contributed by atoms with Crippen LogP contribution in [0.3, 0.4) is 0 Å². The van der Waals surface area contributed by atoms with Gasteiger partial charge in [-0.25, -0.2) is 0 Å². The van der Waals surface area contributed by atoms with E-state index in [0.717, 1.165) is 10.0 Å². The van der Waals surface area contributed by atoms with E-state index in [1.54, 1.807) is 50.4 Å². The number of rotatable bonds is 7. The molecule has 0 aromatic heterocycles. The minimum Gasteiger partial charge on any atom is -0.497 e. The van der Waals surface area contributed by atoms with E-state index < -0.39 is 0 Å². The van der Waals surface area contributed by atoms with E-state index in [-0.39, 0.29) is 12.5 Å². The van der Waals surface area contributed by atoms with Crippen molar-refractivity contribution in [2.75, 3.05) is 27.9 Å². The summed E-state index contributed by atoms with van der Waals surface area (Å²) >= 11 is 9.41. The van der Waals surface area contributed by atoms with Crippen molar-refractivity contribution < 1.29 is 19.0 Å². The third-order valence-corrected chi connectivity index (χ3v) is 4.36. The Morgan fingerprint density at radius 1 is 1.12 bits per heavy atom. The van der Waals surface area contributed by atoms with Crippen molar-refractivity contribution >= 4 is 33.4 Å². The fourth-order valence-electron chi connectivity index (χ4n) is 2.17.